The van der Waals surface area contributed by atoms with Crippen LogP contribution in [0, 0.1) is 11.3 Å². The first-order chi connectivity index (χ1) is 20.1. The van der Waals surface area contributed by atoms with Gasteiger partial charge in [-0.15, -0.1) is 0 Å². The Kier molecular flexibility index (Phi) is 5.98. The molecule has 41 heavy (non-hydrogen) atoms. The Morgan fingerprint density at radius 2 is 1.76 bits per heavy atom. The smallest absolute Gasteiger partial charge is 0.263 e. The summed E-state index contributed by atoms with van der Waals surface area (Å²) in [5, 5.41) is 15.1. The van der Waals surface area contributed by atoms with Crippen LogP contribution in [-0.4, -0.2) is 24.5 Å². The quantitative estimate of drug-likeness (QED) is 0.266. The third-order valence-corrected chi connectivity index (χ3v) is 7.58. The van der Waals surface area contributed by atoms with Gasteiger partial charge in [-0.25, -0.2) is 19.9 Å². The topological polar surface area (TPSA) is 109 Å². The summed E-state index contributed by atoms with van der Waals surface area (Å²) >= 11 is 0. The molecule has 0 aliphatic heterocycles. The molecule has 198 valence electrons. The van der Waals surface area contributed by atoms with E-state index >= 15 is 0 Å². The van der Waals surface area contributed by atoms with Crippen LogP contribution in [0.2, 0.25) is 0 Å². The van der Waals surface area contributed by atoms with Gasteiger partial charge in [-0.3, -0.25) is 9.36 Å². The largest absolute Gasteiger partial charge is 0.361 e. The van der Waals surface area contributed by atoms with Crippen molar-refractivity contribution in [1.29, 1.82) is 5.26 Å². The van der Waals surface area contributed by atoms with E-state index in [-0.39, 0.29) is 11.6 Å². The minimum Gasteiger partial charge on any atom is -0.361 e. The van der Waals surface area contributed by atoms with Gasteiger partial charge in [0.25, 0.3) is 5.56 Å². The maximum atomic E-state index is 14.4. The Bertz CT molecular complexity index is 2020. The van der Waals surface area contributed by atoms with Gasteiger partial charge in [0, 0.05) is 40.6 Å². The molecule has 1 aliphatic carbocycles. The Morgan fingerprint density at radius 1 is 0.951 bits per heavy atom. The van der Waals surface area contributed by atoms with Crippen LogP contribution < -0.4 is 10.9 Å². The van der Waals surface area contributed by atoms with Crippen LogP contribution in [0.15, 0.2) is 96.3 Å². The second-order valence-electron chi connectivity index (χ2n) is 10.4. The van der Waals surface area contributed by atoms with Gasteiger partial charge in [0.05, 0.1) is 28.6 Å². The Labute approximate surface area is 236 Å². The second kappa shape index (κ2) is 9.96. The van der Waals surface area contributed by atoms with E-state index in [0.29, 0.717) is 22.7 Å². The summed E-state index contributed by atoms with van der Waals surface area (Å²) in [6.45, 7) is 2.00. The maximum Gasteiger partial charge on any atom is 0.263 e. The molecule has 0 bridgehead atoms. The zero-order chi connectivity index (χ0) is 27.9. The van der Waals surface area contributed by atoms with Crippen molar-refractivity contribution in [3.8, 4) is 22.9 Å². The lowest BCUT2D eigenvalue weighted by Crippen LogP contribution is -2.26. The molecule has 0 radical (unpaired) electrons. The summed E-state index contributed by atoms with van der Waals surface area (Å²) in [7, 11) is 0. The fourth-order valence-electron chi connectivity index (χ4n) is 5.33. The number of nitrogens with zero attached hydrogens (tertiary/aromatic N) is 6. The highest BCUT2D eigenvalue weighted by atomic mass is 16.1. The lowest BCUT2D eigenvalue weighted by atomic mass is 9.99. The standard InChI is InChI=1S/C33H25N7O/c1-20(39-32-27-14-21(16-34)10-13-28(27)37-19-38-32)29-15-23-6-5-9-26(24-17-35-31(36-18-24)22-11-12-22)30(23)33(41)40(29)25-7-3-2-4-8-25/h2-10,13-15,17-20,22H,11-12H2,1H3,(H,37,38,39). The van der Waals surface area contributed by atoms with Crippen molar-refractivity contribution in [2.24, 2.45) is 0 Å². The number of fused-ring (bicyclic) bond motifs is 2. The van der Waals surface area contributed by atoms with Crippen LogP contribution >= 0.6 is 0 Å². The van der Waals surface area contributed by atoms with Crippen LogP contribution in [-0.2, 0) is 0 Å². The van der Waals surface area contributed by atoms with Crippen molar-refractivity contribution >= 4 is 27.5 Å². The lowest BCUT2D eigenvalue weighted by molar-refractivity contribution is 0.774. The van der Waals surface area contributed by atoms with Gasteiger partial charge in [-0.1, -0.05) is 36.4 Å². The molecule has 1 saturated carbocycles. The van der Waals surface area contributed by atoms with E-state index in [1.54, 1.807) is 16.7 Å². The van der Waals surface area contributed by atoms with Crippen molar-refractivity contribution in [3.05, 3.63) is 119 Å². The molecule has 0 amide bonds. The molecule has 1 atom stereocenters. The lowest BCUT2D eigenvalue weighted by Gasteiger charge is -2.22. The normalized spacial score (nSPS) is 13.7. The van der Waals surface area contributed by atoms with Crippen LogP contribution in [0.5, 0.6) is 0 Å². The SMILES string of the molecule is CC(Nc1ncnc2ccc(C#N)cc12)c1cc2cccc(-c3cnc(C4CC4)nc3)c2c(=O)n1-c1ccccc1. The number of para-hydroxylation sites is 1. The molecule has 8 heteroatoms. The number of benzene rings is 3. The second-order valence-corrected chi connectivity index (χ2v) is 10.4. The molecular formula is C33H25N7O. The first kappa shape index (κ1) is 24.6. The van der Waals surface area contributed by atoms with Crippen molar-refractivity contribution in [1.82, 2.24) is 24.5 Å². The van der Waals surface area contributed by atoms with Gasteiger partial charge < -0.3 is 5.32 Å². The third-order valence-electron chi connectivity index (χ3n) is 7.58. The number of pyridine rings is 1. The average molecular weight is 536 g/mol. The van der Waals surface area contributed by atoms with Crippen LogP contribution in [0.3, 0.4) is 0 Å². The summed E-state index contributed by atoms with van der Waals surface area (Å²) in [5.74, 6) is 1.92. The number of nitrogens with one attached hydrogen (secondary N) is 1. The molecule has 1 unspecified atom stereocenters. The predicted octanol–water partition coefficient (Wildman–Crippen LogP) is 6.31. The zero-order valence-corrected chi connectivity index (χ0v) is 22.3. The third kappa shape index (κ3) is 4.47. The van der Waals surface area contributed by atoms with E-state index in [0.717, 1.165) is 57.5 Å². The number of aromatic nitrogens is 5. The summed E-state index contributed by atoms with van der Waals surface area (Å²) in [6, 6.07) is 24.7. The molecule has 1 aliphatic rings. The monoisotopic (exact) mass is 535 g/mol. The van der Waals surface area contributed by atoms with E-state index in [1.165, 1.54) is 6.33 Å². The Morgan fingerprint density at radius 3 is 2.51 bits per heavy atom. The molecule has 7 rings (SSSR count). The maximum absolute atomic E-state index is 14.4. The van der Waals surface area contributed by atoms with Gasteiger partial charge in [0.15, 0.2) is 0 Å². The van der Waals surface area contributed by atoms with Gasteiger partial charge in [-0.05, 0) is 67.1 Å². The number of anilines is 1. The predicted molar refractivity (Wildman–Crippen MR) is 159 cm³/mol. The van der Waals surface area contributed by atoms with Crippen LogP contribution in [0.4, 0.5) is 5.82 Å². The summed E-state index contributed by atoms with van der Waals surface area (Å²) < 4.78 is 1.76. The fourth-order valence-corrected chi connectivity index (χ4v) is 5.33. The van der Waals surface area contributed by atoms with E-state index in [4.69, 9.17) is 0 Å². The Hall–Kier alpha value is -5.42. The molecule has 1 N–H and O–H groups in total. The van der Waals surface area contributed by atoms with Crippen LogP contribution in [0.1, 0.15) is 48.8 Å². The number of hydrogen-bond donors (Lipinski definition) is 1. The Balaban J connectivity index is 1.39. The van der Waals surface area contributed by atoms with E-state index in [9.17, 15) is 10.1 Å². The molecule has 1 fully saturated rings. The molecule has 3 aromatic carbocycles. The van der Waals surface area contributed by atoms with Gasteiger partial charge in [0.1, 0.15) is 18.0 Å². The molecular weight excluding hydrogens is 510 g/mol. The van der Waals surface area contributed by atoms with Gasteiger partial charge >= 0.3 is 0 Å². The first-order valence-electron chi connectivity index (χ1n) is 13.6. The zero-order valence-electron chi connectivity index (χ0n) is 22.3. The molecule has 0 spiro atoms. The van der Waals surface area contributed by atoms with Gasteiger partial charge in [-0.2, -0.15) is 5.26 Å². The summed E-state index contributed by atoms with van der Waals surface area (Å²) in [5.41, 5.74) is 4.28. The fraction of sp³-hybridized carbons (Fsp3) is 0.152. The van der Waals surface area contributed by atoms with Crippen molar-refractivity contribution in [2.45, 2.75) is 31.7 Å². The highest BCUT2D eigenvalue weighted by Gasteiger charge is 2.26. The summed E-state index contributed by atoms with van der Waals surface area (Å²) in [4.78, 5) is 32.4. The van der Waals surface area contributed by atoms with E-state index in [1.807, 2.05) is 73.9 Å². The highest BCUT2D eigenvalue weighted by Crippen LogP contribution is 2.38. The number of hydrogen-bond acceptors (Lipinski definition) is 7. The molecule has 3 aromatic heterocycles. The van der Waals surface area contributed by atoms with Crippen molar-refractivity contribution < 1.29 is 0 Å². The van der Waals surface area contributed by atoms with Gasteiger partial charge in [0.2, 0.25) is 0 Å². The average Bonchev–Trinajstić information content (AvgIpc) is 3.87. The number of nitriles is 1. The highest BCUT2D eigenvalue weighted by molar-refractivity contribution is 5.96. The summed E-state index contributed by atoms with van der Waals surface area (Å²) in [6.07, 6.45) is 7.42. The van der Waals surface area contributed by atoms with Crippen molar-refractivity contribution in [2.75, 3.05) is 5.32 Å². The van der Waals surface area contributed by atoms with E-state index < -0.39 is 0 Å². The van der Waals surface area contributed by atoms with Crippen molar-refractivity contribution in [3.63, 3.8) is 0 Å². The first-order valence-corrected chi connectivity index (χ1v) is 13.6. The van der Waals surface area contributed by atoms with E-state index in [2.05, 4.69) is 37.4 Å². The number of rotatable bonds is 6. The molecule has 0 saturated heterocycles. The molecule has 6 aromatic rings. The van der Waals surface area contributed by atoms with Crippen LogP contribution in [0.25, 0.3) is 38.5 Å². The molecule has 3 heterocycles. The molecule has 8 nitrogen and oxygen atoms in total. The minimum atomic E-state index is -0.319. The minimum absolute atomic E-state index is 0.126.